The van der Waals surface area contributed by atoms with Crippen LogP contribution in [-0.4, -0.2) is 32.5 Å². The quantitative estimate of drug-likeness (QED) is 0.593. The van der Waals surface area contributed by atoms with E-state index in [-0.39, 0.29) is 18.6 Å². The van der Waals surface area contributed by atoms with Gasteiger partial charge in [0.25, 0.3) is 5.56 Å². The van der Waals surface area contributed by atoms with Crippen molar-refractivity contribution < 1.29 is 10.2 Å². The van der Waals surface area contributed by atoms with Crippen LogP contribution in [0.5, 0.6) is 0 Å². The molecule has 1 heterocycles. The Bertz CT molecular complexity index is 478. The molecule has 16 heavy (non-hydrogen) atoms. The highest BCUT2D eigenvalue weighted by Crippen LogP contribution is 2.33. The van der Waals surface area contributed by atoms with E-state index in [2.05, 4.69) is 4.98 Å². The predicted octanol–water partition coefficient (Wildman–Crippen LogP) is -1.16. The van der Waals surface area contributed by atoms with Crippen molar-refractivity contribution in [3.05, 3.63) is 33.1 Å². The minimum atomic E-state index is -0.589. The molecule has 1 saturated carbocycles. The van der Waals surface area contributed by atoms with Crippen molar-refractivity contribution in [3.63, 3.8) is 0 Å². The monoisotopic (exact) mass is 226 g/mol. The summed E-state index contributed by atoms with van der Waals surface area (Å²) in [6.45, 7) is -0.0875. The van der Waals surface area contributed by atoms with Gasteiger partial charge in [0.05, 0.1) is 6.10 Å². The zero-order valence-corrected chi connectivity index (χ0v) is 8.67. The Hall–Kier alpha value is -1.40. The molecule has 2 rings (SSSR count). The summed E-state index contributed by atoms with van der Waals surface area (Å²) in [6, 6.07) is 1.12. The number of nitrogens with one attached hydrogen (secondary N) is 1. The van der Waals surface area contributed by atoms with Gasteiger partial charge < -0.3 is 10.2 Å². The third kappa shape index (κ3) is 1.94. The maximum Gasteiger partial charge on any atom is 0.328 e. The molecule has 0 saturated heterocycles. The summed E-state index contributed by atoms with van der Waals surface area (Å²) in [5.41, 5.74) is -0.901. The minimum absolute atomic E-state index is 0.0875. The lowest BCUT2D eigenvalue weighted by Crippen LogP contribution is -2.30. The molecule has 0 aliphatic heterocycles. The van der Waals surface area contributed by atoms with E-state index in [0.29, 0.717) is 12.8 Å². The Morgan fingerprint density at radius 2 is 2.19 bits per heavy atom. The normalized spacial score (nSPS) is 29.5. The fourth-order valence-corrected chi connectivity index (χ4v) is 2.21. The Morgan fingerprint density at radius 1 is 1.44 bits per heavy atom. The number of rotatable bonds is 2. The van der Waals surface area contributed by atoms with Gasteiger partial charge in [-0.1, -0.05) is 0 Å². The number of H-pyrrole nitrogens is 1. The lowest BCUT2D eigenvalue weighted by molar-refractivity contribution is 0.0906. The third-order valence-corrected chi connectivity index (χ3v) is 3.11. The van der Waals surface area contributed by atoms with Crippen molar-refractivity contribution in [2.45, 2.75) is 25.0 Å². The van der Waals surface area contributed by atoms with E-state index >= 15 is 0 Å². The first kappa shape index (κ1) is 11.1. The Morgan fingerprint density at radius 3 is 2.75 bits per heavy atom. The van der Waals surface area contributed by atoms with Gasteiger partial charge in [-0.2, -0.15) is 0 Å². The van der Waals surface area contributed by atoms with Crippen LogP contribution in [0.3, 0.4) is 0 Å². The molecule has 88 valence electrons. The van der Waals surface area contributed by atoms with Crippen LogP contribution in [0.25, 0.3) is 0 Å². The molecule has 1 aliphatic rings. The summed E-state index contributed by atoms with van der Waals surface area (Å²) in [6.07, 6.45) is 1.81. The fraction of sp³-hybridized carbons (Fsp3) is 0.600. The first-order valence-electron chi connectivity index (χ1n) is 5.22. The van der Waals surface area contributed by atoms with Crippen LogP contribution in [0, 0.1) is 5.92 Å². The summed E-state index contributed by atoms with van der Waals surface area (Å²) in [7, 11) is 0. The molecule has 6 nitrogen and oxygen atoms in total. The van der Waals surface area contributed by atoms with Crippen LogP contribution >= 0.6 is 0 Å². The number of aromatic nitrogens is 2. The maximum atomic E-state index is 11.5. The lowest BCUT2D eigenvalue weighted by Gasteiger charge is -2.12. The van der Waals surface area contributed by atoms with E-state index in [1.807, 2.05) is 0 Å². The number of aromatic amines is 1. The molecular formula is C10H14N2O4. The van der Waals surface area contributed by atoms with E-state index in [9.17, 15) is 14.7 Å². The van der Waals surface area contributed by atoms with Crippen molar-refractivity contribution in [1.82, 2.24) is 9.55 Å². The predicted molar refractivity (Wildman–Crippen MR) is 56.2 cm³/mol. The number of nitrogens with zero attached hydrogens (tertiary/aromatic N) is 1. The van der Waals surface area contributed by atoms with Crippen molar-refractivity contribution in [2.24, 2.45) is 5.92 Å². The van der Waals surface area contributed by atoms with Gasteiger partial charge in [0.1, 0.15) is 0 Å². The summed E-state index contributed by atoms with van der Waals surface area (Å²) in [4.78, 5) is 24.5. The fourth-order valence-electron chi connectivity index (χ4n) is 2.21. The average Bonchev–Trinajstić information content (AvgIpc) is 2.59. The van der Waals surface area contributed by atoms with Gasteiger partial charge in [0.2, 0.25) is 0 Å². The topological polar surface area (TPSA) is 95.3 Å². The minimum Gasteiger partial charge on any atom is -0.396 e. The SMILES string of the molecule is O=c1ccn([C@H]2CC(O)[C@@H](CO)C2)c(=O)[nH]1. The average molecular weight is 226 g/mol. The number of hydrogen-bond acceptors (Lipinski definition) is 4. The molecule has 0 bridgehead atoms. The van der Waals surface area contributed by atoms with Crippen molar-refractivity contribution in [3.8, 4) is 0 Å². The summed E-state index contributed by atoms with van der Waals surface area (Å²) >= 11 is 0. The second-order valence-corrected chi connectivity index (χ2v) is 4.15. The van der Waals surface area contributed by atoms with Gasteiger partial charge in [-0.05, 0) is 12.8 Å². The van der Waals surface area contributed by atoms with Gasteiger partial charge in [-0.25, -0.2) is 4.79 Å². The standard InChI is InChI=1S/C10H14N2O4/c13-5-6-3-7(4-8(6)14)12-2-1-9(15)11-10(12)16/h1-2,6-8,13-14H,3-5H2,(H,11,15,16)/t6-,7-,8?/m1/s1. The van der Waals surface area contributed by atoms with Crippen LogP contribution in [0.4, 0.5) is 0 Å². The highest BCUT2D eigenvalue weighted by Gasteiger charge is 2.33. The smallest absolute Gasteiger partial charge is 0.328 e. The molecule has 3 N–H and O–H groups in total. The molecule has 3 atom stereocenters. The number of aliphatic hydroxyl groups is 2. The summed E-state index contributed by atoms with van der Waals surface area (Å²) < 4.78 is 1.40. The van der Waals surface area contributed by atoms with Crippen molar-refractivity contribution >= 4 is 0 Å². The van der Waals surface area contributed by atoms with Gasteiger partial charge in [0, 0.05) is 30.8 Å². The van der Waals surface area contributed by atoms with E-state index in [0.717, 1.165) is 0 Å². The number of hydrogen-bond donors (Lipinski definition) is 3. The first-order valence-corrected chi connectivity index (χ1v) is 5.22. The molecule has 0 spiro atoms. The molecule has 0 radical (unpaired) electrons. The summed E-state index contributed by atoms with van der Waals surface area (Å²) in [5.74, 6) is -0.191. The molecule has 1 aromatic rings. The molecule has 1 aromatic heterocycles. The first-order chi connectivity index (χ1) is 7.61. The van der Waals surface area contributed by atoms with E-state index < -0.39 is 17.4 Å². The van der Waals surface area contributed by atoms with Gasteiger partial charge >= 0.3 is 5.69 Å². The summed E-state index contributed by atoms with van der Waals surface area (Å²) in [5, 5.41) is 18.6. The molecule has 1 aliphatic carbocycles. The van der Waals surface area contributed by atoms with Crippen LogP contribution in [0.15, 0.2) is 21.9 Å². The highest BCUT2D eigenvalue weighted by molar-refractivity contribution is 4.92. The van der Waals surface area contributed by atoms with Crippen molar-refractivity contribution in [1.29, 1.82) is 0 Å². The highest BCUT2D eigenvalue weighted by atomic mass is 16.3. The van der Waals surface area contributed by atoms with Crippen LogP contribution < -0.4 is 11.2 Å². The van der Waals surface area contributed by atoms with Crippen LogP contribution in [-0.2, 0) is 0 Å². The third-order valence-electron chi connectivity index (χ3n) is 3.11. The Labute approximate surface area is 91.2 Å². The molecular weight excluding hydrogens is 212 g/mol. The zero-order chi connectivity index (χ0) is 11.7. The van der Waals surface area contributed by atoms with E-state index in [1.165, 1.54) is 16.8 Å². The van der Waals surface area contributed by atoms with E-state index in [4.69, 9.17) is 5.11 Å². The zero-order valence-electron chi connectivity index (χ0n) is 8.67. The molecule has 0 amide bonds. The van der Waals surface area contributed by atoms with E-state index in [1.54, 1.807) is 0 Å². The lowest BCUT2D eigenvalue weighted by atomic mass is 10.1. The molecule has 1 unspecified atom stereocenters. The second-order valence-electron chi connectivity index (χ2n) is 4.15. The molecule has 6 heteroatoms. The molecule has 0 aromatic carbocycles. The van der Waals surface area contributed by atoms with Gasteiger partial charge in [0.15, 0.2) is 0 Å². The van der Waals surface area contributed by atoms with Crippen LogP contribution in [0.2, 0.25) is 0 Å². The molecule has 1 fully saturated rings. The maximum absolute atomic E-state index is 11.5. The largest absolute Gasteiger partial charge is 0.396 e. The van der Waals surface area contributed by atoms with Gasteiger partial charge in [-0.3, -0.25) is 14.3 Å². The van der Waals surface area contributed by atoms with Crippen LogP contribution in [0.1, 0.15) is 18.9 Å². The van der Waals surface area contributed by atoms with Gasteiger partial charge in [-0.15, -0.1) is 0 Å². The second kappa shape index (κ2) is 4.23. The Kier molecular flexibility index (Phi) is 2.93. The number of aliphatic hydroxyl groups excluding tert-OH is 2. The Balaban J connectivity index is 2.27. The van der Waals surface area contributed by atoms with Crippen molar-refractivity contribution in [2.75, 3.05) is 6.61 Å².